The van der Waals surface area contributed by atoms with Gasteiger partial charge in [-0.05, 0) is 38.0 Å². The average molecular weight is 360 g/mol. The second kappa shape index (κ2) is 5.94. The van der Waals surface area contributed by atoms with E-state index in [1.807, 2.05) is 29.8 Å². The van der Waals surface area contributed by atoms with Crippen LogP contribution in [0, 0.1) is 13.8 Å². The van der Waals surface area contributed by atoms with Gasteiger partial charge < -0.3 is 9.73 Å². The molecule has 5 rings (SSSR count). The van der Waals surface area contributed by atoms with E-state index in [4.69, 9.17) is 4.42 Å². The van der Waals surface area contributed by atoms with Crippen LogP contribution in [0.5, 0.6) is 0 Å². The van der Waals surface area contributed by atoms with Gasteiger partial charge in [-0.2, -0.15) is 10.1 Å². The fraction of sp³-hybridized carbons (Fsp3) is 0.286. The Labute approximate surface area is 156 Å². The Morgan fingerprint density at radius 1 is 1.19 bits per heavy atom. The lowest BCUT2D eigenvalue weighted by Gasteiger charge is -2.34. The number of carbonyl (C=O) groups excluding carboxylic acids is 1. The lowest BCUT2D eigenvalue weighted by molar-refractivity contribution is -0.117. The molecule has 6 heteroatoms. The summed E-state index contributed by atoms with van der Waals surface area (Å²) in [5.41, 5.74) is 3.93. The van der Waals surface area contributed by atoms with Crippen molar-refractivity contribution in [3.63, 3.8) is 0 Å². The molecule has 1 N–H and O–H groups in total. The zero-order valence-electron chi connectivity index (χ0n) is 15.3. The standard InChI is InChI=1S/C21H20N4O2/c1-12-5-3-6-14(9-12)20-19-16(23-21-22-13(2)24-25(20)21)10-15(11-17(19)26)18-7-4-8-27-18/h3-9,15,20H,10-11H2,1-2H3,(H,22,23,24)/t15-,20-/m1/s1. The minimum Gasteiger partial charge on any atom is -0.469 e. The molecule has 0 fully saturated rings. The quantitative estimate of drug-likeness (QED) is 0.750. The van der Waals surface area contributed by atoms with Crippen LogP contribution in [0.4, 0.5) is 5.95 Å². The van der Waals surface area contributed by atoms with Crippen molar-refractivity contribution in [2.45, 2.75) is 38.6 Å². The number of nitrogens with zero attached hydrogens (tertiary/aromatic N) is 3. The third-order valence-electron chi connectivity index (χ3n) is 5.33. The lowest BCUT2D eigenvalue weighted by Crippen LogP contribution is -2.33. The summed E-state index contributed by atoms with van der Waals surface area (Å²) in [6, 6.07) is 11.8. The van der Waals surface area contributed by atoms with Crippen LogP contribution in [0.25, 0.3) is 0 Å². The third kappa shape index (κ3) is 2.60. The summed E-state index contributed by atoms with van der Waals surface area (Å²) in [6.07, 6.45) is 2.83. The van der Waals surface area contributed by atoms with Crippen molar-refractivity contribution in [3.8, 4) is 0 Å². The van der Waals surface area contributed by atoms with Gasteiger partial charge in [0.25, 0.3) is 0 Å². The smallest absolute Gasteiger partial charge is 0.226 e. The van der Waals surface area contributed by atoms with Gasteiger partial charge in [-0.15, -0.1) is 0 Å². The number of hydrogen-bond acceptors (Lipinski definition) is 5. The molecule has 136 valence electrons. The van der Waals surface area contributed by atoms with Crippen molar-refractivity contribution in [2.24, 2.45) is 0 Å². The van der Waals surface area contributed by atoms with Gasteiger partial charge in [0, 0.05) is 23.6 Å². The number of carbonyl (C=O) groups is 1. The van der Waals surface area contributed by atoms with Crippen molar-refractivity contribution in [2.75, 3.05) is 5.32 Å². The zero-order chi connectivity index (χ0) is 18.5. The van der Waals surface area contributed by atoms with Crippen molar-refractivity contribution < 1.29 is 9.21 Å². The van der Waals surface area contributed by atoms with Gasteiger partial charge in [-0.1, -0.05) is 29.8 Å². The molecule has 0 spiro atoms. The van der Waals surface area contributed by atoms with E-state index in [9.17, 15) is 4.79 Å². The van der Waals surface area contributed by atoms with E-state index in [0.717, 1.165) is 34.6 Å². The van der Waals surface area contributed by atoms with Crippen LogP contribution in [-0.2, 0) is 4.79 Å². The number of aromatic nitrogens is 3. The molecule has 2 aliphatic rings. The molecule has 2 aromatic heterocycles. The average Bonchev–Trinajstić information content (AvgIpc) is 3.28. The third-order valence-corrected chi connectivity index (χ3v) is 5.33. The second-order valence-corrected chi connectivity index (χ2v) is 7.30. The normalized spacial score (nSPS) is 21.6. The first-order valence-corrected chi connectivity index (χ1v) is 9.16. The van der Waals surface area contributed by atoms with Crippen molar-refractivity contribution in [1.82, 2.24) is 14.8 Å². The van der Waals surface area contributed by atoms with E-state index in [2.05, 4.69) is 40.5 Å². The maximum Gasteiger partial charge on any atom is 0.226 e. The highest BCUT2D eigenvalue weighted by Gasteiger charge is 2.40. The summed E-state index contributed by atoms with van der Waals surface area (Å²) in [6.45, 7) is 3.93. The topological polar surface area (TPSA) is 73.0 Å². The number of hydrogen-bond donors (Lipinski definition) is 1. The lowest BCUT2D eigenvalue weighted by atomic mass is 9.79. The Morgan fingerprint density at radius 2 is 2.07 bits per heavy atom. The highest BCUT2D eigenvalue weighted by atomic mass is 16.3. The number of allylic oxidation sites excluding steroid dienone is 2. The summed E-state index contributed by atoms with van der Waals surface area (Å²) in [4.78, 5) is 17.7. The summed E-state index contributed by atoms with van der Waals surface area (Å²) in [5.74, 6) is 2.41. The Kier molecular flexibility index (Phi) is 3.53. The summed E-state index contributed by atoms with van der Waals surface area (Å²) < 4.78 is 7.41. The Morgan fingerprint density at radius 3 is 2.85 bits per heavy atom. The molecular weight excluding hydrogens is 340 g/mol. The molecule has 1 aliphatic carbocycles. The molecule has 3 heterocycles. The molecule has 0 bridgehead atoms. The van der Waals surface area contributed by atoms with Gasteiger partial charge in [0.1, 0.15) is 17.6 Å². The molecule has 0 saturated carbocycles. The van der Waals surface area contributed by atoms with Gasteiger partial charge in [-0.3, -0.25) is 4.79 Å². The van der Waals surface area contributed by atoms with Gasteiger partial charge >= 0.3 is 0 Å². The number of aryl methyl sites for hydroxylation is 2. The van der Waals surface area contributed by atoms with E-state index in [1.54, 1.807) is 6.26 Å². The Bertz CT molecular complexity index is 1060. The molecular formula is C21H20N4O2. The first-order valence-electron chi connectivity index (χ1n) is 9.16. The van der Waals surface area contributed by atoms with E-state index < -0.39 is 0 Å². The van der Waals surface area contributed by atoms with E-state index >= 15 is 0 Å². The van der Waals surface area contributed by atoms with E-state index in [-0.39, 0.29) is 17.7 Å². The van der Waals surface area contributed by atoms with E-state index in [0.29, 0.717) is 18.2 Å². The van der Waals surface area contributed by atoms with Gasteiger partial charge in [0.2, 0.25) is 5.95 Å². The minimum absolute atomic E-state index is 0.0486. The van der Waals surface area contributed by atoms with Crippen LogP contribution in [0.2, 0.25) is 0 Å². The Balaban J connectivity index is 1.65. The molecule has 6 nitrogen and oxygen atoms in total. The van der Waals surface area contributed by atoms with Crippen LogP contribution in [0.1, 0.15) is 47.5 Å². The monoisotopic (exact) mass is 360 g/mol. The fourth-order valence-corrected chi connectivity index (χ4v) is 4.19. The van der Waals surface area contributed by atoms with Crippen LogP contribution in [0.3, 0.4) is 0 Å². The number of ketones is 1. The highest BCUT2D eigenvalue weighted by Crippen LogP contribution is 2.44. The number of rotatable bonds is 2. The van der Waals surface area contributed by atoms with Crippen LogP contribution in [0.15, 0.2) is 58.3 Å². The molecule has 0 saturated heterocycles. The maximum absolute atomic E-state index is 13.2. The van der Waals surface area contributed by atoms with Crippen LogP contribution < -0.4 is 5.32 Å². The second-order valence-electron chi connectivity index (χ2n) is 7.30. The predicted octanol–water partition coefficient (Wildman–Crippen LogP) is 3.90. The number of anilines is 1. The molecule has 0 unspecified atom stereocenters. The predicted molar refractivity (Wildman–Crippen MR) is 100 cm³/mol. The van der Waals surface area contributed by atoms with Crippen LogP contribution >= 0.6 is 0 Å². The van der Waals surface area contributed by atoms with Crippen LogP contribution in [-0.4, -0.2) is 20.5 Å². The molecule has 2 atom stereocenters. The molecule has 0 radical (unpaired) electrons. The minimum atomic E-state index is -0.248. The van der Waals surface area contributed by atoms with Crippen molar-refractivity contribution >= 4 is 11.7 Å². The molecule has 1 aliphatic heterocycles. The largest absolute Gasteiger partial charge is 0.469 e. The summed E-state index contributed by atoms with van der Waals surface area (Å²) in [7, 11) is 0. The first kappa shape index (κ1) is 16.1. The number of nitrogens with one attached hydrogen (secondary N) is 1. The van der Waals surface area contributed by atoms with Gasteiger partial charge in [0.05, 0.1) is 6.26 Å². The maximum atomic E-state index is 13.2. The summed E-state index contributed by atoms with van der Waals surface area (Å²) in [5, 5.41) is 7.93. The number of fused-ring (bicyclic) bond motifs is 1. The molecule has 1 aromatic carbocycles. The highest BCUT2D eigenvalue weighted by molar-refractivity contribution is 6.00. The fourth-order valence-electron chi connectivity index (χ4n) is 4.19. The molecule has 3 aromatic rings. The number of Topliss-reactive ketones (excluding diaryl/α,β-unsaturated/α-hetero) is 1. The molecule has 27 heavy (non-hydrogen) atoms. The van der Waals surface area contributed by atoms with Gasteiger partial charge in [-0.25, -0.2) is 4.68 Å². The van der Waals surface area contributed by atoms with Gasteiger partial charge in [0.15, 0.2) is 5.78 Å². The van der Waals surface area contributed by atoms with E-state index in [1.165, 1.54) is 0 Å². The SMILES string of the molecule is Cc1cccc([C@@H]2C3=C(C[C@@H](c4ccco4)CC3=O)Nc3nc(C)nn32)c1. The Hall–Kier alpha value is -3.15. The summed E-state index contributed by atoms with van der Waals surface area (Å²) >= 11 is 0. The van der Waals surface area contributed by atoms with Crippen molar-refractivity contribution in [3.05, 3.63) is 76.6 Å². The molecule has 0 amide bonds. The zero-order valence-corrected chi connectivity index (χ0v) is 15.3. The van der Waals surface area contributed by atoms with Crippen molar-refractivity contribution in [1.29, 1.82) is 0 Å². The number of benzene rings is 1. The number of furan rings is 1. The first-order chi connectivity index (χ1) is 13.1.